The number of benzene rings is 1. The Morgan fingerprint density at radius 3 is 2.40 bits per heavy atom. The highest BCUT2D eigenvalue weighted by molar-refractivity contribution is 5.92. The van der Waals surface area contributed by atoms with Crippen LogP contribution in [0.1, 0.15) is 35.9 Å². The molecule has 0 fully saturated rings. The molecule has 2 rings (SSSR count). The minimum atomic E-state index is -0.813. The zero-order valence-corrected chi connectivity index (χ0v) is 15.2. The van der Waals surface area contributed by atoms with E-state index in [9.17, 15) is 9.59 Å². The van der Waals surface area contributed by atoms with Gasteiger partial charge in [0.15, 0.2) is 0 Å². The molecule has 25 heavy (non-hydrogen) atoms. The number of carboxylic acids is 1. The van der Waals surface area contributed by atoms with Crippen molar-refractivity contribution in [1.82, 2.24) is 9.78 Å². The number of hydrogen-bond acceptors (Lipinski definition) is 3. The number of aliphatic carboxylic acids is 1. The summed E-state index contributed by atoms with van der Waals surface area (Å²) in [5.41, 5.74) is 4.82. The third-order valence-corrected chi connectivity index (χ3v) is 4.47. The Labute approximate surface area is 147 Å². The Morgan fingerprint density at radius 1 is 1.24 bits per heavy atom. The molecule has 1 aromatic carbocycles. The molecular weight excluding hydrogens is 318 g/mol. The molecule has 6 nitrogen and oxygen atoms in total. The lowest BCUT2D eigenvalue weighted by Gasteiger charge is -2.13. The number of anilines is 1. The minimum absolute atomic E-state index is 0.0408. The average molecular weight is 343 g/mol. The Bertz CT molecular complexity index is 763. The van der Waals surface area contributed by atoms with E-state index in [2.05, 4.69) is 10.4 Å². The summed E-state index contributed by atoms with van der Waals surface area (Å²) in [4.78, 5) is 23.0. The Morgan fingerprint density at radius 2 is 1.88 bits per heavy atom. The molecule has 0 saturated heterocycles. The third kappa shape index (κ3) is 4.92. The molecule has 0 aliphatic heterocycles. The molecule has 1 heterocycles. The summed E-state index contributed by atoms with van der Waals surface area (Å²) in [6.07, 6.45) is 1.24. The molecule has 0 aliphatic carbocycles. The van der Waals surface area contributed by atoms with Crippen LogP contribution in [0.25, 0.3) is 0 Å². The van der Waals surface area contributed by atoms with Gasteiger partial charge in [-0.1, -0.05) is 19.1 Å². The zero-order valence-electron chi connectivity index (χ0n) is 15.2. The van der Waals surface area contributed by atoms with Gasteiger partial charge in [-0.2, -0.15) is 5.10 Å². The van der Waals surface area contributed by atoms with Crippen LogP contribution in [0.2, 0.25) is 0 Å². The van der Waals surface area contributed by atoms with Crippen LogP contribution in [0.5, 0.6) is 0 Å². The maximum atomic E-state index is 12.4. The van der Waals surface area contributed by atoms with Crippen molar-refractivity contribution in [2.24, 2.45) is 13.0 Å². The van der Waals surface area contributed by atoms with E-state index in [4.69, 9.17) is 5.11 Å². The lowest BCUT2D eigenvalue weighted by molar-refractivity contribution is -0.137. The quantitative estimate of drug-likeness (QED) is 0.809. The summed E-state index contributed by atoms with van der Waals surface area (Å²) in [7, 11) is 1.91. The van der Waals surface area contributed by atoms with E-state index in [1.165, 1.54) is 0 Å². The molecule has 0 radical (unpaired) electrons. The van der Waals surface area contributed by atoms with E-state index in [0.29, 0.717) is 12.8 Å². The molecule has 1 aromatic heterocycles. The average Bonchev–Trinajstić information content (AvgIpc) is 2.80. The fourth-order valence-electron chi connectivity index (χ4n) is 2.78. The van der Waals surface area contributed by atoms with Crippen molar-refractivity contribution in [3.05, 3.63) is 46.8 Å². The summed E-state index contributed by atoms with van der Waals surface area (Å²) in [5, 5.41) is 16.0. The smallest absolute Gasteiger partial charge is 0.303 e. The number of nitrogens with zero attached hydrogens (tertiary/aromatic N) is 2. The van der Waals surface area contributed by atoms with E-state index < -0.39 is 5.97 Å². The molecule has 1 amide bonds. The fraction of sp³-hybridized carbons (Fsp3) is 0.421. The number of carbonyl (C=O) groups excluding carboxylic acids is 1. The second kappa shape index (κ2) is 7.96. The first-order valence-corrected chi connectivity index (χ1v) is 8.38. The maximum absolute atomic E-state index is 12.4. The topological polar surface area (TPSA) is 84.2 Å². The van der Waals surface area contributed by atoms with Crippen LogP contribution in [0.4, 0.5) is 5.69 Å². The lowest BCUT2D eigenvalue weighted by Crippen LogP contribution is -2.22. The molecule has 1 unspecified atom stereocenters. The number of nitrogens with one attached hydrogen (secondary N) is 1. The highest BCUT2D eigenvalue weighted by Gasteiger charge is 2.18. The Balaban J connectivity index is 1.95. The summed E-state index contributed by atoms with van der Waals surface area (Å²) < 4.78 is 1.84. The molecule has 0 bridgehead atoms. The molecule has 2 aromatic rings. The van der Waals surface area contributed by atoms with Gasteiger partial charge in [0.2, 0.25) is 5.91 Å². The standard InChI is InChI=1S/C19H25N3O3/c1-12(11-17-13(2)21-22(4)14(17)3)19(25)20-16-8-5-15(6-9-16)7-10-18(23)24/h5-6,8-9,12H,7,10-11H2,1-4H3,(H,20,25)(H,23,24). The van der Waals surface area contributed by atoms with Crippen LogP contribution < -0.4 is 5.32 Å². The monoisotopic (exact) mass is 343 g/mol. The molecule has 0 saturated carbocycles. The first kappa shape index (κ1) is 18.7. The molecule has 0 spiro atoms. The van der Waals surface area contributed by atoms with E-state index in [1.54, 1.807) is 0 Å². The molecular formula is C19H25N3O3. The van der Waals surface area contributed by atoms with E-state index >= 15 is 0 Å². The minimum Gasteiger partial charge on any atom is -0.481 e. The van der Waals surface area contributed by atoms with Crippen molar-refractivity contribution in [3.63, 3.8) is 0 Å². The van der Waals surface area contributed by atoms with Gasteiger partial charge in [0, 0.05) is 30.8 Å². The molecule has 2 N–H and O–H groups in total. The predicted octanol–water partition coefficient (Wildman–Crippen LogP) is 2.87. The van der Waals surface area contributed by atoms with Crippen molar-refractivity contribution in [1.29, 1.82) is 0 Å². The van der Waals surface area contributed by atoms with Gasteiger partial charge < -0.3 is 10.4 Å². The molecule has 6 heteroatoms. The molecule has 0 aliphatic rings. The summed E-state index contributed by atoms with van der Waals surface area (Å²) >= 11 is 0. The van der Waals surface area contributed by atoms with Crippen LogP contribution in [0.3, 0.4) is 0 Å². The van der Waals surface area contributed by atoms with Crippen molar-refractivity contribution in [3.8, 4) is 0 Å². The summed E-state index contributed by atoms with van der Waals surface area (Å²) in [6, 6.07) is 7.31. The molecule has 134 valence electrons. The van der Waals surface area contributed by atoms with Crippen LogP contribution in [-0.2, 0) is 29.5 Å². The van der Waals surface area contributed by atoms with Gasteiger partial charge in [0.25, 0.3) is 0 Å². The maximum Gasteiger partial charge on any atom is 0.303 e. The number of aryl methyl sites for hydroxylation is 3. The zero-order chi connectivity index (χ0) is 18.6. The predicted molar refractivity (Wildman–Crippen MR) is 96.6 cm³/mol. The van der Waals surface area contributed by atoms with Gasteiger partial charge in [-0.3, -0.25) is 14.3 Å². The number of rotatable bonds is 7. The van der Waals surface area contributed by atoms with Gasteiger partial charge in [0.05, 0.1) is 5.69 Å². The van der Waals surface area contributed by atoms with Crippen LogP contribution in [0, 0.1) is 19.8 Å². The third-order valence-electron chi connectivity index (χ3n) is 4.47. The van der Waals surface area contributed by atoms with Crippen LogP contribution in [0.15, 0.2) is 24.3 Å². The second-order valence-corrected chi connectivity index (χ2v) is 6.46. The number of hydrogen-bond donors (Lipinski definition) is 2. The first-order valence-electron chi connectivity index (χ1n) is 8.38. The molecule has 1 atom stereocenters. The lowest BCUT2D eigenvalue weighted by atomic mass is 9.98. The summed E-state index contributed by atoms with van der Waals surface area (Å²) in [6.45, 7) is 5.88. The normalized spacial score (nSPS) is 12.0. The summed E-state index contributed by atoms with van der Waals surface area (Å²) in [5.74, 6) is -1.03. The number of carboxylic acid groups (broad SMARTS) is 1. The largest absolute Gasteiger partial charge is 0.481 e. The Hall–Kier alpha value is -2.63. The van der Waals surface area contributed by atoms with Gasteiger partial charge in [-0.25, -0.2) is 0 Å². The van der Waals surface area contributed by atoms with Crippen molar-refractivity contribution in [2.45, 2.75) is 40.0 Å². The van der Waals surface area contributed by atoms with Crippen molar-refractivity contribution in [2.75, 3.05) is 5.32 Å². The number of amides is 1. The van der Waals surface area contributed by atoms with Gasteiger partial charge in [0.1, 0.15) is 0 Å². The number of aromatic nitrogens is 2. The van der Waals surface area contributed by atoms with Crippen LogP contribution in [-0.4, -0.2) is 26.8 Å². The second-order valence-electron chi connectivity index (χ2n) is 6.46. The van der Waals surface area contributed by atoms with E-state index in [-0.39, 0.29) is 18.2 Å². The van der Waals surface area contributed by atoms with E-state index in [1.807, 2.05) is 56.8 Å². The number of carbonyl (C=O) groups is 2. The van der Waals surface area contributed by atoms with Crippen molar-refractivity contribution >= 4 is 17.6 Å². The van der Waals surface area contributed by atoms with Crippen molar-refractivity contribution < 1.29 is 14.7 Å². The van der Waals surface area contributed by atoms with Crippen LogP contribution >= 0.6 is 0 Å². The SMILES string of the molecule is Cc1nn(C)c(C)c1CC(C)C(=O)Nc1ccc(CCC(=O)O)cc1. The van der Waals surface area contributed by atoms with E-state index in [0.717, 1.165) is 28.2 Å². The van der Waals surface area contributed by atoms with Gasteiger partial charge in [-0.15, -0.1) is 0 Å². The van der Waals surface area contributed by atoms with Gasteiger partial charge in [-0.05, 0) is 49.9 Å². The highest BCUT2D eigenvalue weighted by atomic mass is 16.4. The Kier molecular flexibility index (Phi) is 5.96. The first-order chi connectivity index (χ1) is 11.8. The fourth-order valence-corrected chi connectivity index (χ4v) is 2.78. The van der Waals surface area contributed by atoms with Gasteiger partial charge >= 0.3 is 5.97 Å². The highest BCUT2D eigenvalue weighted by Crippen LogP contribution is 2.19.